The summed E-state index contributed by atoms with van der Waals surface area (Å²) in [5, 5.41) is 11.7. The number of nitriles is 1. The second-order valence-corrected chi connectivity index (χ2v) is 5.85. The van der Waals surface area contributed by atoms with E-state index in [0.717, 1.165) is 24.6 Å². The maximum absolute atomic E-state index is 12.2. The molecule has 122 valence electrons. The van der Waals surface area contributed by atoms with E-state index in [2.05, 4.69) is 20.2 Å². The number of aryl methyl sites for hydroxylation is 1. The highest BCUT2D eigenvalue weighted by atomic mass is 16.1. The lowest BCUT2D eigenvalue weighted by atomic mass is 10.1. The zero-order valence-electron chi connectivity index (χ0n) is 13.6. The van der Waals surface area contributed by atoms with E-state index in [4.69, 9.17) is 5.26 Å². The number of hydrogen-bond donors (Lipinski definition) is 1. The third-order valence-corrected chi connectivity index (χ3v) is 3.98. The topological polar surface area (TPSA) is 81.9 Å². The number of carbonyl (C=O) groups is 1. The Morgan fingerprint density at radius 3 is 2.83 bits per heavy atom. The SMILES string of the molecule is Cc1cc(N2CCCC2)nc(CNC(=O)c2cccc(C#N)c2)n1. The molecule has 0 unspecified atom stereocenters. The molecule has 6 heteroatoms. The summed E-state index contributed by atoms with van der Waals surface area (Å²) in [6, 6.07) is 10.6. The van der Waals surface area contributed by atoms with E-state index >= 15 is 0 Å². The van der Waals surface area contributed by atoms with Crippen LogP contribution in [-0.4, -0.2) is 29.0 Å². The lowest BCUT2D eigenvalue weighted by molar-refractivity contribution is 0.0950. The Balaban J connectivity index is 1.69. The van der Waals surface area contributed by atoms with E-state index in [-0.39, 0.29) is 12.5 Å². The highest BCUT2D eigenvalue weighted by molar-refractivity contribution is 5.94. The Morgan fingerprint density at radius 1 is 1.29 bits per heavy atom. The Kier molecular flexibility index (Phi) is 4.71. The lowest BCUT2D eigenvalue weighted by Crippen LogP contribution is -2.25. The van der Waals surface area contributed by atoms with E-state index in [1.165, 1.54) is 12.8 Å². The molecule has 2 heterocycles. The van der Waals surface area contributed by atoms with Gasteiger partial charge in [-0.05, 0) is 38.0 Å². The Morgan fingerprint density at radius 2 is 2.08 bits per heavy atom. The van der Waals surface area contributed by atoms with Gasteiger partial charge in [0, 0.05) is 30.4 Å². The van der Waals surface area contributed by atoms with Gasteiger partial charge in [0.05, 0.1) is 18.2 Å². The first kappa shape index (κ1) is 15.9. The molecule has 24 heavy (non-hydrogen) atoms. The van der Waals surface area contributed by atoms with Crippen molar-refractivity contribution in [3.63, 3.8) is 0 Å². The molecule has 1 amide bonds. The van der Waals surface area contributed by atoms with Gasteiger partial charge in [-0.3, -0.25) is 4.79 Å². The second-order valence-electron chi connectivity index (χ2n) is 5.85. The molecule has 1 aromatic heterocycles. The minimum Gasteiger partial charge on any atom is -0.357 e. The van der Waals surface area contributed by atoms with Crippen LogP contribution in [0.1, 0.15) is 40.3 Å². The summed E-state index contributed by atoms with van der Waals surface area (Å²) in [6.07, 6.45) is 2.37. The first-order valence-electron chi connectivity index (χ1n) is 8.03. The molecular formula is C18H19N5O. The normalized spacial score (nSPS) is 13.6. The molecule has 2 aromatic rings. The fourth-order valence-electron chi connectivity index (χ4n) is 2.79. The zero-order valence-corrected chi connectivity index (χ0v) is 13.6. The number of amides is 1. The smallest absolute Gasteiger partial charge is 0.251 e. The van der Waals surface area contributed by atoms with E-state index < -0.39 is 0 Å². The summed E-state index contributed by atoms with van der Waals surface area (Å²) in [7, 11) is 0. The summed E-state index contributed by atoms with van der Waals surface area (Å²) >= 11 is 0. The number of anilines is 1. The predicted molar refractivity (Wildman–Crippen MR) is 90.5 cm³/mol. The molecule has 0 spiro atoms. The average Bonchev–Trinajstić information content (AvgIpc) is 3.14. The van der Waals surface area contributed by atoms with Crippen molar-refractivity contribution in [2.24, 2.45) is 0 Å². The van der Waals surface area contributed by atoms with Crippen LogP contribution in [0.15, 0.2) is 30.3 Å². The van der Waals surface area contributed by atoms with Crippen molar-refractivity contribution < 1.29 is 4.79 Å². The van der Waals surface area contributed by atoms with Crippen molar-refractivity contribution in [2.45, 2.75) is 26.3 Å². The van der Waals surface area contributed by atoms with Gasteiger partial charge in [-0.25, -0.2) is 9.97 Å². The van der Waals surface area contributed by atoms with Gasteiger partial charge in [-0.1, -0.05) is 6.07 Å². The van der Waals surface area contributed by atoms with Crippen molar-refractivity contribution in [2.75, 3.05) is 18.0 Å². The van der Waals surface area contributed by atoms with Crippen molar-refractivity contribution in [3.8, 4) is 6.07 Å². The maximum Gasteiger partial charge on any atom is 0.251 e. The van der Waals surface area contributed by atoms with Gasteiger partial charge in [-0.2, -0.15) is 5.26 Å². The van der Waals surface area contributed by atoms with E-state index in [9.17, 15) is 4.79 Å². The van der Waals surface area contributed by atoms with Gasteiger partial charge in [0.15, 0.2) is 0 Å². The number of benzene rings is 1. The molecule has 6 nitrogen and oxygen atoms in total. The van der Waals surface area contributed by atoms with Crippen molar-refractivity contribution >= 4 is 11.7 Å². The van der Waals surface area contributed by atoms with Crippen LogP contribution in [0.2, 0.25) is 0 Å². The van der Waals surface area contributed by atoms with Crippen LogP contribution >= 0.6 is 0 Å². The summed E-state index contributed by atoms with van der Waals surface area (Å²) in [4.78, 5) is 23.4. The van der Waals surface area contributed by atoms with Crippen molar-refractivity contribution in [3.05, 3.63) is 53.0 Å². The number of rotatable bonds is 4. The Labute approximate surface area is 141 Å². The van der Waals surface area contributed by atoms with Gasteiger partial charge >= 0.3 is 0 Å². The quantitative estimate of drug-likeness (QED) is 0.933. The highest BCUT2D eigenvalue weighted by Crippen LogP contribution is 2.18. The van der Waals surface area contributed by atoms with E-state index in [0.29, 0.717) is 17.0 Å². The summed E-state index contributed by atoms with van der Waals surface area (Å²) < 4.78 is 0. The van der Waals surface area contributed by atoms with Gasteiger partial charge in [0.1, 0.15) is 11.6 Å². The van der Waals surface area contributed by atoms with Crippen molar-refractivity contribution in [1.29, 1.82) is 5.26 Å². The number of aromatic nitrogens is 2. The molecule has 3 rings (SSSR count). The lowest BCUT2D eigenvalue weighted by Gasteiger charge is -2.17. The van der Waals surface area contributed by atoms with Gasteiger partial charge in [-0.15, -0.1) is 0 Å². The van der Waals surface area contributed by atoms with Gasteiger partial charge in [0.25, 0.3) is 5.91 Å². The van der Waals surface area contributed by atoms with Crippen LogP contribution in [0.25, 0.3) is 0 Å². The third kappa shape index (κ3) is 3.69. The standard InChI is InChI=1S/C18H19N5O/c1-13-9-17(23-7-2-3-8-23)22-16(21-13)12-20-18(24)15-6-4-5-14(10-15)11-19/h4-6,9-10H,2-3,7-8,12H2,1H3,(H,20,24). The predicted octanol–water partition coefficient (Wildman–Crippen LogP) is 2.19. The minimum absolute atomic E-state index is 0.236. The number of nitrogens with zero attached hydrogens (tertiary/aromatic N) is 4. The molecule has 1 aromatic carbocycles. The third-order valence-electron chi connectivity index (χ3n) is 3.98. The first-order chi connectivity index (χ1) is 11.7. The molecule has 1 aliphatic heterocycles. The number of nitrogens with one attached hydrogen (secondary N) is 1. The minimum atomic E-state index is -0.236. The maximum atomic E-state index is 12.2. The van der Waals surface area contributed by atoms with Gasteiger partial charge in [0.2, 0.25) is 0 Å². The first-order valence-corrected chi connectivity index (χ1v) is 8.03. The molecule has 0 aliphatic carbocycles. The Bertz CT molecular complexity index is 790. The van der Waals surface area contributed by atoms with Crippen LogP contribution in [0.3, 0.4) is 0 Å². The Hall–Kier alpha value is -2.94. The zero-order chi connectivity index (χ0) is 16.9. The molecule has 0 bridgehead atoms. The monoisotopic (exact) mass is 321 g/mol. The molecule has 0 atom stereocenters. The largest absolute Gasteiger partial charge is 0.357 e. The van der Waals surface area contributed by atoms with Crippen LogP contribution in [-0.2, 0) is 6.54 Å². The molecule has 0 saturated carbocycles. The number of carbonyl (C=O) groups excluding carboxylic acids is 1. The average molecular weight is 321 g/mol. The van der Waals surface area contributed by atoms with Crippen LogP contribution in [0, 0.1) is 18.3 Å². The summed E-state index contributed by atoms with van der Waals surface area (Å²) in [6.45, 7) is 4.23. The second kappa shape index (κ2) is 7.09. The summed E-state index contributed by atoms with van der Waals surface area (Å²) in [5.74, 6) is 1.29. The molecule has 1 fully saturated rings. The van der Waals surface area contributed by atoms with Crippen LogP contribution in [0.5, 0.6) is 0 Å². The van der Waals surface area contributed by atoms with Gasteiger partial charge < -0.3 is 10.2 Å². The number of hydrogen-bond acceptors (Lipinski definition) is 5. The molecule has 1 aliphatic rings. The molecule has 1 saturated heterocycles. The fraction of sp³-hybridized carbons (Fsp3) is 0.333. The summed E-state index contributed by atoms with van der Waals surface area (Å²) in [5.41, 5.74) is 1.81. The highest BCUT2D eigenvalue weighted by Gasteiger charge is 2.15. The van der Waals surface area contributed by atoms with Crippen LogP contribution in [0.4, 0.5) is 5.82 Å². The molecule has 1 N–H and O–H groups in total. The van der Waals surface area contributed by atoms with Crippen molar-refractivity contribution in [1.82, 2.24) is 15.3 Å². The molecule has 0 radical (unpaired) electrons. The van der Waals surface area contributed by atoms with E-state index in [1.807, 2.05) is 19.1 Å². The fourth-order valence-corrected chi connectivity index (χ4v) is 2.79. The van der Waals surface area contributed by atoms with E-state index in [1.54, 1.807) is 24.3 Å². The van der Waals surface area contributed by atoms with Crippen LogP contribution < -0.4 is 10.2 Å². The molecular weight excluding hydrogens is 302 g/mol.